The number of nitrogens with zero attached hydrogens (tertiary/aromatic N) is 1. The first-order chi connectivity index (χ1) is 7.18. The highest BCUT2D eigenvalue weighted by Crippen LogP contribution is 2.23. The van der Waals surface area contributed by atoms with Crippen LogP contribution in [0.15, 0.2) is 47.1 Å². The zero-order chi connectivity index (χ0) is 10.8. The molecule has 2 aromatic rings. The summed E-state index contributed by atoms with van der Waals surface area (Å²) in [6.07, 6.45) is 2.07. The molecular formula is C13H13BrN+. The summed E-state index contributed by atoms with van der Waals surface area (Å²) in [5, 5.41) is 0. The molecule has 1 heterocycles. The fraction of sp³-hybridized carbons (Fsp3) is 0.154. The first kappa shape index (κ1) is 10.4. The SMILES string of the molecule is Cc1ccc(Br)cc1-c1cccc[n+]1C. The van der Waals surface area contributed by atoms with Crippen molar-refractivity contribution in [3.05, 3.63) is 52.6 Å². The molecule has 0 atom stereocenters. The summed E-state index contributed by atoms with van der Waals surface area (Å²) in [7, 11) is 2.07. The molecule has 0 aliphatic heterocycles. The first-order valence-corrected chi connectivity index (χ1v) is 5.69. The van der Waals surface area contributed by atoms with E-state index in [1.165, 1.54) is 16.8 Å². The number of aromatic nitrogens is 1. The van der Waals surface area contributed by atoms with Crippen LogP contribution < -0.4 is 4.57 Å². The van der Waals surface area contributed by atoms with Crippen LogP contribution in [-0.2, 0) is 7.05 Å². The molecule has 76 valence electrons. The van der Waals surface area contributed by atoms with Gasteiger partial charge in [-0.2, -0.15) is 0 Å². The normalized spacial score (nSPS) is 10.3. The molecule has 15 heavy (non-hydrogen) atoms. The quantitative estimate of drug-likeness (QED) is 0.695. The monoisotopic (exact) mass is 262 g/mol. The number of hydrogen-bond donors (Lipinski definition) is 0. The second-order valence-electron chi connectivity index (χ2n) is 3.66. The molecule has 1 nitrogen and oxygen atoms in total. The third kappa shape index (κ3) is 2.10. The predicted octanol–water partition coefficient (Wildman–Crippen LogP) is 3.25. The second-order valence-corrected chi connectivity index (χ2v) is 4.57. The van der Waals surface area contributed by atoms with E-state index in [4.69, 9.17) is 0 Å². The van der Waals surface area contributed by atoms with Crippen molar-refractivity contribution in [3.8, 4) is 11.3 Å². The Morgan fingerprint density at radius 1 is 1.13 bits per heavy atom. The molecule has 0 aliphatic carbocycles. The Balaban J connectivity index is 2.64. The first-order valence-electron chi connectivity index (χ1n) is 4.89. The van der Waals surface area contributed by atoms with Crippen molar-refractivity contribution in [2.24, 2.45) is 7.05 Å². The van der Waals surface area contributed by atoms with Gasteiger partial charge in [0.1, 0.15) is 7.05 Å². The molecule has 2 heteroatoms. The Bertz CT molecular complexity index is 492. The Morgan fingerprint density at radius 3 is 2.67 bits per heavy atom. The maximum absolute atomic E-state index is 3.51. The largest absolute Gasteiger partial charge is 0.212 e. The molecule has 0 radical (unpaired) electrons. The summed E-state index contributed by atoms with van der Waals surface area (Å²) in [6.45, 7) is 2.13. The highest BCUT2D eigenvalue weighted by Gasteiger charge is 2.10. The molecule has 0 spiro atoms. The molecule has 0 unspecified atom stereocenters. The van der Waals surface area contributed by atoms with Crippen LogP contribution in [0.25, 0.3) is 11.3 Å². The van der Waals surface area contributed by atoms with Crippen molar-refractivity contribution < 1.29 is 4.57 Å². The second kappa shape index (κ2) is 4.15. The van der Waals surface area contributed by atoms with Crippen molar-refractivity contribution in [2.75, 3.05) is 0 Å². The highest BCUT2D eigenvalue weighted by molar-refractivity contribution is 9.10. The maximum atomic E-state index is 3.51. The van der Waals surface area contributed by atoms with Crippen LogP contribution in [0.4, 0.5) is 0 Å². The van der Waals surface area contributed by atoms with Gasteiger partial charge < -0.3 is 0 Å². The van der Waals surface area contributed by atoms with Gasteiger partial charge in [0.25, 0.3) is 0 Å². The standard InChI is InChI=1S/C13H13BrN/c1-10-6-7-11(14)9-12(10)13-5-3-4-8-15(13)2/h3-9H,1-2H3/q+1. The van der Waals surface area contributed by atoms with E-state index in [9.17, 15) is 0 Å². The predicted molar refractivity (Wildman–Crippen MR) is 65.5 cm³/mol. The van der Waals surface area contributed by atoms with Crippen LogP contribution >= 0.6 is 15.9 Å². The third-order valence-corrected chi connectivity index (χ3v) is 3.02. The van der Waals surface area contributed by atoms with Crippen molar-refractivity contribution >= 4 is 15.9 Å². The molecule has 2 rings (SSSR count). The number of halogens is 1. The molecule has 1 aromatic carbocycles. The maximum Gasteiger partial charge on any atom is 0.212 e. The molecule has 0 aliphatic rings. The Morgan fingerprint density at radius 2 is 1.93 bits per heavy atom. The minimum Gasteiger partial charge on any atom is -0.201 e. The van der Waals surface area contributed by atoms with Crippen molar-refractivity contribution in [1.29, 1.82) is 0 Å². The molecule has 0 amide bonds. The number of aryl methyl sites for hydroxylation is 2. The topological polar surface area (TPSA) is 3.88 Å². The molecule has 0 bridgehead atoms. The van der Waals surface area contributed by atoms with Gasteiger partial charge >= 0.3 is 0 Å². The zero-order valence-electron chi connectivity index (χ0n) is 8.87. The number of pyridine rings is 1. The Kier molecular flexibility index (Phi) is 2.87. The minimum absolute atomic E-state index is 1.12. The number of rotatable bonds is 1. The van der Waals surface area contributed by atoms with Gasteiger partial charge in [0.15, 0.2) is 6.20 Å². The lowest BCUT2D eigenvalue weighted by Crippen LogP contribution is -2.30. The van der Waals surface area contributed by atoms with E-state index in [1.807, 2.05) is 6.07 Å². The Labute approximate surface area is 98.5 Å². The fourth-order valence-electron chi connectivity index (χ4n) is 1.67. The van der Waals surface area contributed by atoms with Gasteiger partial charge in [-0.15, -0.1) is 0 Å². The summed E-state index contributed by atoms with van der Waals surface area (Å²) >= 11 is 3.51. The van der Waals surface area contributed by atoms with Crippen LogP contribution in [0, 0.1) is 6.92 Å². The third-order valence-electron chi connectivity index (χ3n) is 2.53. The highest BCUT2D eigenvalue weighted by atomic mass is 79.9. The van der Waals surface area contributed by atoms with Crippen LogP contribution in [0.1, 0.15) is 5.56 Å². The van der Waals surface area contributed by atoms with E-state index in [0.717, 1.165) is 4.47 Å². The number of benzene rings is 1. The average molecular weight is 263 g/mol. The van der Waals surface area contributed by atoms with Crippen molar-refractivity contribution in [1.82, 2.24) is 0 Å². The molecule has 0 fully saturated rings. The summed E-state index contributed by atoms with van der Waals surface area (Å²) in [5.74, 6) is 0. The summed E-state index contributed by atoms with van der Waals surface area (Å²) in [6, 6.07) is 12.6. The Hall–Kier alpha value is -1.15. The molecular weight excluding hydrogens is 250 g/mol. The minimum atomic E-state index is 1.12. The van der Waals surface area contributed by atoms with E-state index >= 15 is 0 Å². The van der Waals surface area contributed by atoms with E-state index in [0.29, 0.717) is 0 Å². The molecule has 0 N–H and O–H groups in total. The van der Waals surface area contributed by atoms with Crippen LogP contribution in [0.3, 0.4) is 0 Å². The fourth-order valence-corrected chi connectivity index (χ4v) is 2.03. The van der Waals surface area contributed by atoms with Crippen LogP contribution in [0.5, 0.6) is 0 Å². The van der Waals surface area contributed by atoms with E-state index < -0.39 is 0 Å². The molecule has 0 saturated heterocycles. The van der Waals surface area contributed by atoms with Crippen molar-refractivity contribution in [2.45, 2.75) is 6.92 Å². The lowest BCUT2D eigenvalue weighted by Gasteiger charge is -2.04. The zero-order valence-corrected chi connectivity index (χ0v) is 10.5. The lowest BCUT2D eigenvalue weighted by atomic mass is 10.1. The van der Waals surface area contributed by atoms with Gasteiger partial charge in [-0.05, 0) is 30.7 Å². The van der Waals surface area contributed by atoms with E-state index in [-0.39, 0.29) is 0 Å². The molecule has 1 aromatic heterocycles. The van der Waals surface area contributed by atoms with Gasteiger partial charge in [-0.3, -0.25) is 0 Å². The van der Waals surface area contributed by atoms with Gasteiger partial charge in [-0.25, -0.2) is 4.57 Å². The van der Waals surface area contributed by atoms with Gasteiger partial charge in [0.2, 0.25) is 5.69 Å². The summed E-state index contributed by atoms with van der Waals surface area (Å²) in [5.41, 5.74) is 3.80. The van der Waals surface area contributed by atoms with Crippen LogP contribution in [-0.4, -0.2) is 0 Å². The van der Waals surface area contributed by atoms with E-state index in [1.54, 1.807) is 0 Å². The van der Waals surface area contributed by atoms with Gasteiger partial charge in [0.05, 0.1) is 5.56 Å². The number of hydrogen-bond acceptors (Lipinski definition) is 0. The van der Waals surface area contributed by atoms with Gasteiger partial charge in [0, 0.05) is 16.6 Å². The van der Waals surface area contributed by atoms with E-state index in [2.05, 4.69) is 71.0 Å². The summed E-state index contributed by atoms with van der Waals surface area (Å²) < 4.78 is 3.25. The van der Waals surface area contributed by atoms with Crippen LogP contribution in [0.2, 0.25) is 0 Å². The lowest BCUT2D eigenvalue weighted by molar-refractivity contribution is -0.660. The molecule has 0 saturated carbocycles. The van der Waals surface area contributed by atoms with Crippen molar-refractivity contribution in [3.63, 3.8) is 0 Å². The summed E-state index contributed by atoms with van der Waals surface area (Å²) in [4.78, 5) is 0. The smallest absolute Gasteiger partial charge is 0.201 e. The average Bonchev–Trinajstić information content (AvgIpc) is 2.23. The van der Waals surface area contributed by atoms with Gasteiger partial charge in [-0.1, -0.05) is 22.0 Å².